The average molecular weight is 321 g/mol. The third kappa shape index (κ3) is 3.56. The minimum atomic E-state index is -4.70. The zero-order valence-corrected chi connectivity index (χ0v) is 11.7. The Morgan fingerprint density at radius 3 is 2.73 bits per heavy atom. The third-order valence-electron chi connectivity index (χ3n) is 3.61. The zero-order valence-electron chi connectivity index (χ0n) is 11.7. The van der Waals surface area contributed by atoms with E-state index in [0.29, 0.717) is 6.07 Å². The van der Waals surface area contributed by atoms with Crippen LogP contribution in [0.1, 0.15) is 17.5 Å². The van der Waals surface area contributed by atoms with Gasteiger partial charge in [0.05, 0.1) is 18.8 Å². The summed E-state index contributed by atoms with van der Waals surface area (Å²) in [6, 6.07) is 1.59. The van der Waals surface area contributed by atoms with Crippen LogP contribution < -0.4 is 0 Å². The van der Waals surface area contributed by atoms with E-state index in [1.165, 1.54) is 12.0 Å². The van der Waals surface area contributed by atoms with E-state index in [-0.39, 0.29) is 25.1 Å². The first-order chi connectivity index (χ1) is 10.2. The highest BCUT2D eigenvalue weighted by molar-refractivity contribution is 5.76. The molecule has 122 valence electrons. The molecule has 8 heteroatoms. The van der Waals surface area contributed by atoms with Crippen LogP contribution in [-0.2, 0) is 22.3 Å². The Labute approximate surface area is 124 Å². The summed E-state index contributed by atoms with van der Waals surface area (Å²) in [5, 5.41) is 9.63. The van der Waals surface area contributed by atoms with Gasteiger partial charge < -0.3 is 9.84 Å². The van der Waals surface area contributed by atoms with Gasteiger partial charge in [0, 0.05) is 19.5 Å². The number of alkyl halides is 3. The van der Waals surface area contributed by atoms with Crippen molar-refractivity contribution in [1.29, 1.82) is 0 Å². The number of carbonyl (C=O) groups is 1. The van der Waals surface area contributed by atoms with Crippen molar-refractivity contribution >= 4 is 5.97 Å². The molecule has 0 amide bonds. The minimum Gasteiger partial charge on any atom is -0.468 e. The van der Waals surface area contributed by atoms with E-state index >= 15 is 0 Å². The van der Waals surface area contributed by atoms with E-state index in [2.05, 4.69) is 4.74 Å². The van der Waals surface area contributed by atoms with Gasteiger partial charge in [-0.25, -0.2) is 4.39 Å². The lowest BCUT2D eigenvalue weighted by atomic mass is 10.1. The molecule has 0 saturated carbocycles. The summed E-state index contributed by atoms with van der Waals surface area (Å²) in [5.41, 5.74) is -1.24. The lowest BCUT2D eigenvalue weighted by molar-refractivity contribution is -0.146. The second-order valence-corrected chi connectivity index (χ2v) is 5.16. The Morgan fingerprint density at radius 1 is 1.45 bits per heavy atom. The van der Waals surface area contributed by atoms with Crippen LogP contribution in [0.15, 0.2) is 18.2 Å². The summed E-state index contributed by atoms with van der Waals surface area (Å²) >= 11 is 0. The van der Waals surface area contributed by atoms with E-state index in [9.17, 15) is 27.5 Å². The lowest BCUT2D eigenvalue weighted by Gasteiger charge is -2.23. The quantitative estimate of drug-likeness (QED) is 0.683. The number of β-amino-alcohol motifs (C(OH)–C–C–N with tert-alkyl or cyclic N) is 1. The van der Waals surface area contributed by atoms with E-state index in [1.807, 2.05) is 0 Å². The van der Waals surface area contributed by atoms with Gasteiger partial charge in [-0.15, -0.1) is 0 Å². The number of methoxy groups -OCH3 is 1. The van der Waals surface area contributed by atoms with Crippen LogP contribution in [0.25, 0.3) is 0 Å². The van der Waals surface area contributed by atoms with Crippen molar-refractivity contribution < 1.29 is 32.2 Å². The predicted molar refractivity (Wildman–Crippen MR) is 68.2 cm³/mol. The second-order valence-electron chi connectivity index (χ2n) is 5.16. The maximum Gasteiger partial charge on any atom is 0.416 e. The molecule has 0 aromatic heterocycles. The molecule has 4 nitrogen and oxygen atoms in total. The summed E-state index contributed by atoms with van der Waals surface area (Å²) in [6.45, 7) is -0.180. The number of esters is 1. The number of halogens is 4. The van der Waals surface area contributed by atoms with Gasteiger partial charge in [-0.2, -0.15) is 13.2 Å². The van der Waals surface area contributed by atoms with Crippen molar-refractivity contribution in [3.05, 3.63) is 35.1 Å². The van der Waals surface area contributed by atoms with Crippen molar-refractivity contribution in [3.63, 3.8) is 0 Å². The predicted octanol–water partition coefficient (Wildman–Crippen LogP) is 1.95. The van der Waals surface area contributed by atoms with Crippen LogP contribution in [-0.4, -0.2) is 41.8 Å². The first kappa shape index (κ1) is 16.7. The van der Waals surface area contributed by atoms with Crippen molar-refractivity contribution in [2.24, 2.45) is 0 Å². The van der Waals surface area contributed by atoms with Gasteiger partial charge in [0.15, 0.2) is 0 Å². The van der Waals surface area contributed by atoms with E-state index in [0.717, 1.165) is 12.1 Å². The van der Waals surface area contributed by atoms with Crippen molar-refractivity contribution in [2.45, 2.75) is 31.3 Å². The summed E-state index contributed by atoms with van der Waals surface area (Å²) in [5.74, 6) is -1.60. The number of nitrogens with zero attached hydrogens (tertiary/aromatic N) is 1. The fourth-order valence-electron chi connectivity index (χ4n) is 2.60. The molecule has 0 radical (unpaired) electrons. The third-order valence-corrected chi connectivity index (χ3v) is 3.61. The Kier molecular flexibility index (Phi) is 4.72. The SMILES string of the molecule is COC(=O)[C@H]1C[C@@H](O)CN1Cc1ccc(F)cc1C(F)(F)F. The van der Waals surface area contributed by atoms with Crippen LogP contribution >= 0.6 is 0 Å². The molecule has 1 aliphatic heterocycles. The van der Waals surface area contributed by atoms with Crippen LogP contribution in [0.3, 0.4) is 0 Å². The minimum absolute atomic E-state index is 0.0500. The maximum absolute atomic E-state index is 13.1. The van der Waals surface area contributed by atoms with Gasteiger partial charge in [0.2, 0.25) is 0 Å². The number of aliphatic hydroxyl groups is 1. The smallest absolute Gasteiger partial charge is 0.416 e. The Balaban J connectivity index is 2.28. The van der Waals surface area contributed by atoms with E-state index in [1.54, 1.807) is 0 Å². The van der Waals surface area contributed by atoms with Crippen LogP contribution in [0.4, 0.5) is 17.6 Å². The summed E-state index contributed by atoms with van der Waals surface area (Å²) in [7, 11) is 1.17. The van der Waals surface area contributed by atoms with E-state index in [4.69, 9.17) is 0 Å². The number of hydrogen-bond acceptors (Lipinski definition) is 4. The second kappa shape index (κ2) is 6.21. The Bertz CT molecular complexity index is 562. The molecule has 0 aliphatic carbocycles. The fraction of sp³-hybridized carbons (Fsp3) is 0.500. The summed E-state index contributed by atoms with van der Waals surface area (Å²) < 4.78 is 56.6. The highest BCUT2D eigenvalue weighted by Gasteiger charge is 2.39. The Morgan fingerprint density at radius 2 is 2.14 bits per heavy atom. The molecule has 1 fully saturated rings. The number of hydrogen-bond donors (Lipinski definition) is 1. The van der Waals surface area contributed by atoms with Crippen LogP contribution in [0, 0.1) is 5.82 Å². The molecule has 1 aromatic carbocycles. The Hall–Kier alpha value is -1.67. The molecule has 1 heterocycles. The highest BCUT2D eigenvalue weighted by Crippen LogP contribution is 2.34. The van der Waals surface area contributed by atoms with Crippen molar-refractivity contribution in [2.75, 3.05) is 13.7 Å². The normalized spacial score (nSPS) is 22.8. The molecule has 0 spiro atoms. The standard InChI is InChI=1S/C14H15F4NO3/c1-22-13(21)12-5-10(20)7-19(12)6-8-2-3-9(15)4-11(8)14(16,17)18/h2-4,10,12,20H,5-7H2,1H3/t10-,12-/m1/s1. The molecule has 1 saturated heterocycles. The van der Waals surface area contributed by atoms with Gasteiger partial charge >= 0.3 is 12.1 Å². The topological polar surface area (TPSA) is 49.8 Å². The van der Waals surface area contributed by atoms with Crippen LogP contribution in [0.2, 0.25) is 0 Å². The molecule has 1 aromatic rings. The molecule has 0 unspecified atom stereocenters. The molecule has 2 rings (SSSR count). The molecular weight excluding hydrogens is 306 g/mol. The van der Waals surface area contributed by atoms with Gasteiger partial charge in [-0.3, -0.25) is 9.69 Å². The average Bonchev–Trinajstić information content (AvgIpc) is 2.79. The first-order valence-electron chi connectivity index (χ1n) is 6.58. The largest absolute Gasteiger partial charge is 0.468 e. The fourth-order valence-corrected chi connectivity index (χ4v) is 2.60. The van der Waals surface area contributed by atoms with Gasteiger partial charge in [-0.05, 0) is 17.7 Å². The summed E-state index contributed by atoms with van der Waals surface area (Å²) in [6.07, 6.45) is -5.43. The first-order valence-corrected chi connectivity index (χ1v) is 6.58. The van der Waals surface area contributed by atoms with Gasteiger partial charge in [0.1, 0.15) is 11.9 Å². The lowest BCUT2D eigenvalue weighted by Crippen LogP contribution is -2.36. The molecular formula is C14H15F4NO3. The zero-order chi connectivity index (χ0) is 16.5. The number of likely N-dealkylation sites (tertiary alicyclic amines) is 1. The molecule has 1 N–H and O–H groups in total. The number of ether oxygens (including phenoxy) is 1. The van der Waals surface area contributed by atoms with Gasteiger partial charge in [0.25, 0.3) is 0 Å². The van der Waals surface area contributed by atoms with Gasteiger partial charge in [-0.1, -0.05) is 6.07 Å². The summed E-state index contributed by atoms with van der Waals surface area (Å²) in [4.78, 5) is 13.0. The highest BCUT2D eigenvalue weighted by atomic mass is 19.4. The monoisotopic (exact) mass is 321 g/mol. The van der Waals surface area contributed by atoms with Crippen LogP contribution in [0.5, 0.6) is 0 Å². The number of rotatable bonds is 3. The molecule has 22 heavy (non-hydrogen) atoms. The number of carbonyl (C=O) groups excluding carboxylic acids is 1. The molecule has 2 atom stereocenters. The van der Waals surface area contributed by atoms with Crippen molar-refractivity contribution in [3.8, 4) is 0 Å². The van der Waals surface area contributed by atoms with Crippen molar-refractivity contribution in [1.82, 2.24) is 4.90 Å². The molecule has 0 bridgehead atoms. The number of aliphatic hydroxyl groups excluding tert-OH is 1. The van der Waals surface area contributed by atoms with E-state index < -0.39 is 35.7 Å². The maximum atomic E-state index is 13.1. The number of benzene rings is 1. The molecule has 1 aliphatic rings.